The maximum Gasteiger partial charge on any atom is 0.415 e. The summed E-state index contributed by atoms with van der Waals surface area (Å²) < 4.78 is 4.98. The largest absolute Gasteiger partial charge is 0.480 e. The van der Waals surface area contributed by atoms with Crippen molar-refractivity contribution in [3.63, 3.8) is 0 Å². The number of nitrogens with zero attached hydrogens (tertiary/aromatic N) is 1. The van der Waals surface area contributed by atoms with Gasteiger partial charge in [0.25, 0.3) is 0 Å². The van der Waals surface area contributed by atoms with E-state index >= 15 is 0 Å². The maximum atomic E-state index is 11.7. The van der Waals surface area contributed by atoms with Crippen LogP contribution in [0, 0.1) is 13.8 Å². The molecule has 0 aliphatic carbocycles. The fourth-order valence-electron chi connectivity index (χ4n) is 2.06. The summed E-state index contributed by atoms with van der Waals surface area (Å²) in [5.41, 5.74) is 2.65. The van der Waals surface area contributed by atoms with Gasteiger partial charge in [-0.25, -0.2) is 9.59 Å². The number of aryl methyl sites for hydroxylation is 2. The van der Waals surface area contributed by atoms with Crippen LogP contribution in [-0.4, -0.2) is 29.3 Å². The van der Waals surface area contributed by atoms with Crippen molar-refractivity contribution in [3.05, 3.63) is 29.3 Å². The molecule has 5 heteroatoms. The standard InChI is InChI=1S/C13H15NO4/c1-7-4-5-10(6-8(7)2)14-11(12(15)16)9(3)18-13(14)17/h4-6,9,11H,1-3H3,(H,15,16). The minimum Gasteiger partial charge on any atom is -0.480 e. The third-order valence-corrected chi connectivity index (χ3v) is 3.23. The van der Waals surface area contributed by atoms with Crippen molar-refractivity contribution < 1.29 is 19.4 Å². The summed E-state index contributed by atoms with van der Waals surface area (Å²) in [6.07, 6.45) is -1.27. The van der Waals surface area contributed by atoms with E-state index in [-0.39, 0.29) is 0 Å². The van der Waals surface area contributed by atoms with Gasteiger partial charge >= 0.3 is 12.1 Å². The summed E-state index contributed by atoms with van der Waals surface area (Å²) in [5.74, 6) is -1.06. The van der Waals surface area contributed by atoms with Crippen LogP contribution < -0.4 is 4.90 Å². The van der Waals surface area contributed by atoms with E-state index < -0.39 is 24.2 Å². The molecule has 2 atom stereocenters. The van der Waals surface area contributed by atoms with Crippen LogP contribution in [0.3, 0.4) is 0 Å². The van der Waals surface area contributed by atoms with E-state index in [0.717, 1.165) is 11.1 Å². The number of benzene rings is 1. The first-order valence-electron chi connectivity index (χ1n) is 5.71. The molecule has 1 aromatic rings. The van der Waals surface area contributed by atoms with Gasteiger partial charge in [0, 0.05) is 5.69 Å². The van der Waals surface area contributed by atoms with Gasteiger partial charge in [-0.15, -0.1) is 0 Å². The number of amides is 1. The first-order chi connectivity index (χ1) is 8.41. The normalized spacial score (nSPS) is 23.1. The molecule has 0 spiro atoms. The molecule has 0 saturated carbocycles. The number of ether oxygens (including phenoxy) is 1. The third-order valence-electron chi connectivity index (χ3n) is 3.23. The summed E-state index contributed by atoms with van der Waals surface area (Å²) in [5, 5.41) is 9.18. The lowest BCUT2D eigenvalue weighted by molar-refractivity contribution is -0.139. The summed E-state index contributed by atoms with van der Waals surface area (Å²) in [6, 6.07) is 4.42. The van der Waals surface area contributed by atoms with Gasteiger partial charge in [0.1, 0.15) is 6.10 Å². The van der Waals surface area contributed by atoms with Crippen molar-refractivity contribution in [1.29, 1.82) is 0 Å². The zero-order chi connectivity index (χ0) is 13.4. The predicted octanol–water partition coefficient (Wildman–Crippen LogP) is 2.10. The van der Waals surface area contributed by atoms with Crippen molar-refractivity contribution in [1.82, 2.24) is 0 Å². The second kappa shape index (κ2) is 4.33. The number of aliphatic carboxylic acids is 1. The highest BCUT2D eigenvalue weighted by Crippen LogP contribution is 2.28. The van der Waals surface area contributed by atoms with Crippen LogP contribution >= 0.6 is 0 Å². The van der Waals surface area contributed by atoms with Crippen molar-refractivity contribution in [2.45, 2.75) is 32.9 Å². The highest BCUT2D eigenvalue weighted by atomic mass is 16.6. The van der Waals surface area contributed by atoms with Crippen LogP contribution in [0.4, 0.5) is 10.5 Å². The average molecular weight is 249 g/mol. The predicted molar refractivity (Wildman–Crippen MR) is 65.8 cm³/mol. The number of anilines is 1. The fraction of sp³-hybridized carbons (Fsp3) is 0.385. The molecule has 1 N–H and O–H groups in total. The Morgan fingerprint density at radius 2 is 2.00 bits per heavy atom. The van der Waals surface area contributed by atoms with Gasteiger partial charge in [-0.3, -0.25) is 4.90 Å². The lowest BCUT2D eigenvalue weighted by atomic mass is 10.1. The summed E-state index contributed by atoms with van der Waals surface area (Å²) in [4.78, 5) is 24.1. The van der Waals surface area contributed by atoms with Crippen molar-refractivity contribution in [3.8, 4) is 0 Å². The van der Waals surface area contributed by atoms with Crippen LogP contribution in [-0.2, 0) is 9.53 Å². The Morgan fingerprint density at radius 3 is 2.56 bits per heavy atom. The molecule has 0 aromatic heterocycles. The number of rotatable bonds is 2. The van der Waals surface area contributed by atoms with E-state index in [1.54, 1.807) is 19.1 Å². The Hall–Kier alpha value is -2.04. The lowest BCUT2D eigenvalue weighted by Crippen LogP contribution is -2.42. The first-order valence-corrected chi connectivity index (χ1v) is 5.71. The number of cyclic esters (lactones) is 1. The molecule has 5 nitrogen and oxygen atoms in total. The molecule has 1 heterocycles. The molecule has 1 aliphatic rings. The van der Waals surface area contributed by atoms with Gasteiger partial charge in [0.2, 0.25) is 0 Å². The molecule has 96 valence electrons. The van der Waals surface area contributed by atoms with Crippen molar-refractivity contribution >= 4 is 17.7 Å². The molecule has 1 aliphatic heterocycles. The van der Waals surface area contributed by atoms with Gasteiger partial charge in [0.05, 0.1) is 0 Å². The van der Waals surface area contributed by atoms with Crippen LogP contribution in [0.25, 0.3) is 0 Å². The van der Waals surface area contributed by atoms with Crippen LogP contribution in [0.1, 0.15) is 18.1 Å². The van der Waals surface area contributed by atoms with Crippen LogP contribution in [0.2, 0.25) is 0 Å². The quantitative estimate of drug-likeness (QED) is 0.871. The smallest absolute Gasteiger partial charge is 0.415 e. The van der Waals surface area contributed by atoms with Crippen molar-refractivity contribution in [2.75, 3.05) is 4.90 Å². The number of carboxylic acid groups (broad SMARTS) is 1. The SMILES string of the molecule is Cc1ccc(N2C(=O)OC(C)C2C(=O)O)cc1C. The fourth-order valence-corrected chi connectivity index (χ4v) is 2.06. The molecule has 0 bridgehead atoms. The van der Waals surface area contributed by atoms with E-state index in [0.29, 0.717) is 5.69 Å². The molecule has 1 saturated heterocycles. The van der Waals surface area contributed by atoms with Crippen molar-refractivity contribution in [2.24, 2.45) is 0 Å². The molecule has 0 radical (unpaired) electrons. The Balaban J connectivity index is 2.43. The molecule has 18 heavy (non-hydrogen) atoms. The number of carbonyl (C=O) groups is 2. The van der Waals surface area contributed by atoms with E-state index in [1.807, 2.05) is 19.9 Å². The van der Waals surface area contributed by atoms with Gasteiger partial charge in [0.15, 0.2) is 6.04 Å². The molecular weight excluding hydrogens is 234 g/mol. The van der Waals surface area contributed by atoms with Gasteiger partial charge in [-0.2, -0.15) is 0 Å². The topological polar surface area (TPSA) is 66.8 Å². The van der Waals surface area contributed by atoms with E-state index in [2.05, 4.69) is 0 Å². The number of carboxylic acids is 1. The van der Waals surface area contributed by atoms with E-state index in [4.69, 9.17) is 4.74 Å². The first kappa shape index (κ1) is 12.4. The highest BCUT2D eigenvalue weighted by molar-refractivity contribution is 5.98. The Bertz CT molecular complexity index is 512. The number of hydrogen-bond acceptors (Lipinski definition) is 3. The lowest BCUT2D eigenvalue weighted by Gasteiger charge is -2.20. The van der Waals surface area contributed by atoms with Gasteiger partial charge in [-0.05, 0) is 44.0 Å². The van der Waals surface area contributed by atoms with E-state index in [9.17, 15) is 14.7 Å². The molecule has 1 fully saturated rings. The maximum absolute atomic E-state index is 11.7. The molecule has 2 rings (SSSR count). The van der Waals surface area contributed by atoms with Gasteiger partial charge in [-0.1, -0.05) is 6.07 Å². The zero-order valence-corrected chi connectivity index (χ0v) is 10.5. The minimum atomic E-state index is -1.06. The molecule has 2 unspecified atom stereocenters. The average Bonchev–Trinajstić information content (AvgIpc) is 2.57. The molecule has 1 amide bonds. The Morgan fingerprint density at radius 1 is 1.33 bits per heavy atom. The van der Waals surface area contributed by atoms with Gasteiger partial charge < -0.3 is 9.84 Å². The summed E-state index contributed by atoms with van der Waals surface area (Å²) >= 11 is 0. The van der Waals surface area contributed by atoms with Crippen LogP contribution in [0.5, 0.6) is 0 Å². The Kier molecular flexibility index (Phi) is 2.98. The molecule has 1 aromatic carbocycles. The zero-order valence-electron chi connectivity index (χ0n) is 10.5. The van der Waals surface area contributed by atoms with Crippen LogP contribution in [0.15, 0.2) is 18.2 Å². The van der Waals surface area contributed by atoms with E-state index in [1.165, 1.54) is 4.90 Å². The third kappa shape index (κ3) is 1.92. The summed E-state index contributed by atoms with van der Waals surface area (Å²) in [6.45, 7) is 5.45. The second-order valence-corrected chi connectivity index (χ2v) is 4.51. The number of hydrogen-bond donors (Lipinski definition) is 1. The second-order valence-electron chi connectivity index (χ2n) is 4.51. The molecular formula is C13H15NO4. The monoisotopic (exact) mass is 249 g/mol. The number of carbonyl (C=O) groups excluding carboxylic acids is 1. The highest BCUT2D eigenvalue weighted by Gasteiger charge is 2.44. The Labute approximate surface area is 105 Å². The minimum absolute atomic E-state index is 0.555. The summed E-state index contributed by atoms with van der Waals surface area (Å²) in [7, 11) is 0.